The summed E-state index contributed by atoms with van der Waals surface area (Å²) in [4.78, 5) is 26.8. The lowest BCUT2D eigenvalue weighted by Crippen LogP contribution is -2.27. The van der Waals surface area contributed by atoms with Crippen molar-refractivity contribution >= 4 is 28.3 Å². The minimum atomic E-state index is -0.506. The second-order valence-corrected chi connectivity index (χ2v) is 6.74. The van der Waals surface area contributed by atoms with Crippen LogP contribution in [0.4, 0.5) is 5.69 Å². The zero-order valence-corrected chi connectivity index (χ0v) is 15.6. The second-order valence-electron chi connectivity index (χ2n) is 6.74. The van der Waals surface area contributed by atoms with Crippen LogP contribution in [-0.4, -0.2) is 25.0 Å². The van der Waals surface area contributed by atoms with Crippen molar-refractivity contribution < 1.29 is 19.1 Å². The monoisotopic (exact) mass is 375 g/mol. The molecule has 1 aliphatic heterocycles. The van der Waals surface area contributed by atoms with Gasteiger partial charge in [0.25, 0.3) is 0 Å². The summed E-state index contributed by atoms with van der Waals surface area (Å²) >= 11 is 0. The van der Waals surface area contributed by atoms with Crippen LogP contribution in [0.5, 0.6) is 11.5 Å². The van der Waals surface area contributed by atoms with E-state index in [-0.39, 0.29) is 24.8 Å². The number of hydrogen-bond donors (Lipinski definition) is 0. The lowest BCUT2D eigenvalue weighted by molar-refractivity contribution is -0.139. The van der Waals surface area contributed by atoms with Crippen LogP contribution in [-0.2, 0) is 9.59 Å². The topological polar surface area (TPSA) is 55.8 Å². The first-order chi connectivity index (χ1) is 13.7. The van der Waals surface area contributed by atoms with Crippen LogP contribution in [0.3, 0.4) is 0 Å². The molecule has 28 heavy (non-hydrogen) atoms. The van der Waals surface area contributed by atoms with E-state index in [2.05, 4.69) is 0 Å². The molecule has 0 N–H and O–H groups in total. The van der Waals surface area contributed by atoms with E-state index < -0.39 is 5.92 Å². The molecule has 1 heterocycles. The highest BCUT2D eigenvalue weighted by Crippen LogP contribution is 2.33. The fourth-order valence-electron chi connectivity index (χ4n) is 3.49. The highest BCUT2D eigenvalue weighted by Gasteiger charge is 2.37. The average molecular weight is 375 g/mol. The molecule has 0 aliphatic carbocycles. The average Bonchev–Trinajstić information content (AvgIpc) is 3.10. The summed E-state index contributed by atoms with van der Waals surface area (Å²) in [5.41, 5.74) is 0.690. The Morgan fingerprint density at radius 3 is 2.61 bits per heavy atom. The summed E-state index contributed by atoms with van der Waals surface area (Å²) in [7, 11) is 0. The van der Waals surface area contributed by atoms with Crippen LogP contribution in [0, 0.1) is 5.92 Å². The van der Waals surface area contributed by atoms with Gasteiger partial charge in [-0.25, -0.2) is 0 Å². The third-order valence-electron chi connectivity index (χ3n) is 4.85. The van der Waals surface area contributed by atoms with Crippen LogP contribution in [0.1, 0.15) is 13.3 Å². The number of fused-ring (bicyclic) bond motifs is 1. The van der Waals surface area contributed by atoms with Gasteiger partial charge in [0.15, 0.2) is 0 Å². The zero-order valence-electron chi connectivity index (χ0n) is 15.6. The van der Waals surface area contributed by atoms with E-state index in [9.17, 15) is 9.59 Å². The number of amides is 1. The van der Waals surface area contributed by atoms with Gasteiger partial charge in [0.2, 0.25) is 5.91 Å². The van der Waals surface area contributed by atoms with Crippen LogP contribution >= 0.6 is 0 Å². The van der Waals surface area contributed by atoms with E-state index in [4.69, 9.17) is 9.47 Å². The first-order valence-corrected chi connectivity index (χ1v) is 9.38. The summed E-state index contributed by atoms with van der Waals surface area (Å²) in [6.45, 7) is 2.69. The molecule has 0 spiro atoms. The van der Waals surface area contributed by atoms with Crippen molar-refractivity contribution in [3.8, 4) is 11.5 Å². The Bertz CT molecular complexity index is 1030. The van der Waals surface area contributed by atoms with E-state index >= 15 is 0 Å². The molecular weight excluding hydrogens is 354 g/mol. The molecule has 1 fully saturated rings. The molecule has 142 valence electrons. The Labute approximate surface area is 163 Å². The molecule has 1 atom stereocenters. The van der Waals surface area contributed by atoms with Crippen molar-refractivity contribution in [2.75, 3.05) is 18.1 Å². The van der Waals surface area contributed by atoms with Crippen molar-refractivity contribution in [3.05, 3.63) is 66.7 Å². The number of ether oxygens (including phenoxy) is 2. The Kier molecular flexibility index (Phi) is 4.98. The smallest absolute Gasteiger partial charge is 0.316 e. The maximum absolute atomic E-state index is 12.7. The second kappa shape index (κ2) is 7.72. The van der Waals surface area contributed by atoms with Gasteiger partial charge < -0.3 is 14.4 Å². The van der Waals surface area contributed by atoms with Gasteiger partial charge in [-0.2, -0.15) is 0 Å². The van der Waals surface area contributed by atoms with Gasteiger partial charge >= 0.3 is 5.97 Å². The normalized spacial score (nSPS) is 16.4. The lowest BCUT2D eigenvalue weighted by Gasteiger charge is -2.20. The Balaban J connectivity index is 1.49. The quantitative estimate of drug-likeness (QED) is 0.495. The van der Waals surface area contributed by atoms with Crippen molar-refractivity contribution in [1.82, 2.24) is 0 Å². The van der Waals surface area contributed by atoms with Gasteiger partial charge in [0.05, 0.1) is 18.2 Å². The number of nitrogens with zero attached hydrogens (tertiary/aromatic N) is 1. The molecule has 0 aromatic heterocycles. The predicted octanol–water partition coefficient (Wildman–Crippen LogP) is 4.20. The standard InChI is InChI=1S/C23H21NO4/c1-2-27-21-10-6-5-9-20(21)24-15-18(14-22(24)25)23(26)28-19-12-11-16-7-3-4-8-17(16)13-19/h3-13,18H,2,14-15H2,1H3/t18-/m1/s1. The molecule has 3 aromatic carbocycles. The highest BCUT2D eigenvalue weighted by molar-refractivity contribution is 6.00. The van der Waals surface area contributed by atoms with Crippen LogP contribution < -0.4 is 14.4 Å². The number of rotatable bonds is 5. The number of esters is 1. The minimum Gasteiger partial charge on any atom is -0.492 e. The zero-order chi connectivity index (χ0) is 19.5. The van der Waals surface area contributed by atoms with Gasteiger partial charge in [-0.15, -0.1) is 0 Å². The molecule has 0 saturated carbocycles. The van der Waals surface area contributed by atoms with E-state index in [1.807, 2.05) is 67.6 Å². The molecule has 1 saturated heterocycles. The fourth-order valence-corrected chi connectivity index (χ4v) is 3.49. The lowest BCUT2D eigenvalue weighted by atomic mass is 10.1. The summed E-state index contributed by atoms with van der Waals surface area (Å²) in [5.74, 6) is 0.132. The Morgan fingerprint density at radius 1 is 1.04 bits per heavy atom. The molecule has 1 amide bonds. The fraction of sp³-hybridized carbons (Fsp3) is 0.217. The summed E-state index contributed by atoms with van der Waals surface area (Å²) in [5, 5.41) is 2.08. The van der Waals surface area contributed by atoms with Gasteiger partial charge in [-0.3, -0.25) is 9.59 Å². The van der Waals surface area contributed by atoms with Crippen LogP contribution in [0.2, 0.25) is 0 Å². The van der Waals surface area contributed by atoms with Gasteiger partial charge in [0, 0.05) is 13.0 Å². The van der Waals surface area contributed by atoms with E-state index in [0.717, 1.165) is 10.8 Å². The molecule has 0 bridgehead atoms. The molecule has 0 radical (unpaired) electrons. The number of para-hydroxylation sites is 2. The molecule has 0 unspecified atom stereocenters. The molecule has 3 aromatic rings. The van der Waals surface area contributed by atoms with Gasteiger partial charge in [-0.05, 0) is 42.0 Å². The minimum absolute atomic E-state index is 0.104. The first-order valence-electron chi connectivity index (χ1n) is 9.38. The summed E-state index contributed by atoms with van der Waals surface area (Å²) < 4.78 is 11.2. The molecular formula is C23H21NO4. The largest absolute Gasteiger partial charge is 0.492 e. The molecule has 5 heteroatoms. The van der Waals surface area contributed by atoms with Gasteiger partial charge in [0.1, 0.15) is 11.5 Å². The van der Waals surface area contributed by atoms with Crippen LogP contribution in [0.15, 0.2) is 66.7 Å². The Morgan fingerprint density at radius 2 is 1.79 bits per heavy atom. The molecule has 4 rings (SSSR count). The SMILES string of the molecule is CCOc1ccccc1N1C[C@H](C(=O)Oc2ccc3ccccc3c2)CC1=O. The van der Waals surface area contributed by atoms with Gasteiger partial charge in [-0.1, -0.05) is 42.5 Å². The van der Waals surface area contributed by atoms with E-state index in [1.54, 1.807) is 11.0 Å². The van der Waals surface area contributed by atoms with Crippen molar-refractivity contribution in [2.45, 2.75) is 13.3 Å². The maximum atomic E-state index is 12.7. The van der Waals surface area contributed by atoms with Crippen molar-refractivity contribution in [3.63, 3.8) is 0 Å². The molecule has 5 nitrogen and oxygen atoms in total. The maximum Gasteiger partial charge on any atom is 0.316 e. The summed E-state index contributed by atoms with van der Waals surface area (Å²) in [6.07, 6.45) is 0.132. The number of carbonyl (C=O) groups excluding carboxylic acids is 2. The number of hydrogen-bond acceptors (Lipinski definition) is 4. The number of carbonyl (C=O) groups is 2. The number of benzene rings is 3. The first kappa shape index (κ1) is 18.0. The number of anilines is 1. The summed E-state index contributed by atoms with van der Waals surface area (Å²) in [6, 6.07) is 20.8. The molecule has 1 aliphatic rings. The van der Waals surface area contributed by atoms with E-state index in [0.29, 0.717) is 23.8 Å². The highest BCUT2D eigenvalue weighted by atomic mass is 16.5. The van der Waals surface area contributed by atoms with Crippen molar-refractivity contribution in [2.24, 2.45) is 5.92 Å². The Hall–Kier alpha value is -3.34. The van der Waals surface area contributed by atoms with Crippen LogP contribution in [0.25, 0.3) is 10.8 Å². The third-order valence-corrected chi connectivity index (χ3v) is 4.85. The van der Waals surface area contributed by atoms with Crippen molar-refractivity contribution in [1.29, 1.82) is 0 Å². The third kappa shape index (κ3) is 3.56. The predicted molar refractivity (Wildman–Crippen MR) is 108 cm³/mol. The van der Waals surface area contributed by atoms with E-state index in [1.165, 1.54) is 0 Å².